The third-order valence-electron chi connectivity index (χ3n) is 5.83. The van der Waals surface area contributed by atoms with Crippen LogP contribution < -0.4 is 9.64 Å². The molecule has 0 N–H and O–H groups in total. The highest BCUT2D eigenvalue weighted by atomic mass is 35.5. The summed E-state index contributed by atoms with van der Waals surface area (Å²) in [5.74, 6) is -0.0857. The van der Waals surface area contributed by atoms with E-state index in [-0.39, 0.29) is 23.5 Å². The van der Waals surface area contributed by atoms with E-state index >= 15 is 0 Å². The maximum atomic E-state index is 13.7. The number of benzene rings is 1. The number of halogens is 5. The van der Waals surface area contributed by atoms with Crippen LogP contribution >= 0.6 is 11.6 Å². The molecule has 3 heterocycles. The Morgan fingerprint density at radius 1 is 1.03 bits per heavy atom. The predicted molar refractivity (Wildman–Crippen MR) is 134 cm³/mol. The Kier molecular flexibility index (Phi) is 8.65. The fourth-order valence-electron chi connectivity index (χ4n) is 4.02. The van der Waals surface area contributed by atoms with Gasteiger partial charge in [-0.2, -0.15) is 23.1 Å². The predicted octanol–water partition coefficient (Wildman–Crippen LogP) is 5.28. The number of aliphatic imine (C=N–C) groups is 1. The SMILES string of the molecule is COCCOc1nc(-c2ccc(F)c(Cl)c2)cc(N2CCCN(C3=C(C(F)(F)F)C=CCC=N3)CC2)n1. The van der Waals surface area contributed by atoms with Crippen LogP contribution in [-0.2, 0) is 4.74 Å². The lowest BCUT2D eigenvalue weighted by Gasteiger charge is -2.26. The Hall–Kier alpha value is -3.18. The lowest BCUT2D eigenvalue weighted by molar-refractivity contribution is -0.0902. The van der Waals surface area contributed by atoms with Crippen molar-refractivity contribution in [2.45, 2.75) is 19.0 Å². The molecule has 1 fully saturated rings. The maximum Gasteiger partial charge on any atom is 0.419 e. The number of alkyl halides is 3. The van der Waals surface area contributed by atoms with E-state index in [1.165, 1.54) is 24.4 Å². The van der Waals surface area contributed by atoms with Crippen molar-refractivity contribution in [1.82, 2.24) is 14.9 Å². The first-order valence-electron chi connectivity index (χ1n) is 11.7. The molecule has 4 rings (SSSR count). The number of hydrogen-bond donors (Lipinski definition) is 0. The minimum absolute atomic E-state index is 0.0447. The van der Waals surface area contributed by atoms with Crippen molar-refractivity contribution in [2.75, 3.05) is 51.4 Å². The van der Waals surface area contributed by atoms with Gasteiger partial charge in [-0.25, -0.2) is 9.38 Å². The quantitative estimate of drug-likeness (QED) is 0.352. The van der Waals surface area contributed by atoms with E-state index in [2.05, 4.69) is 15.0 Å². The molecule has 0 aliphatic carbocycles. The molecule has 0 atom stereocenters. The average Bonchev–Trinajstić information content (AvgIpc) is 3.27. The molecule has 2 aromatic rings. The molecule has 0 spiro atoms. The van der Waals surface area contributed by atoms with E-state index in [9.17, 15) is 17.6 Å². The topological polar surface area (TPSA) is 63.1 Å². The van der Waals surface area contributed by atoms with Crippen molar-refractivity contribution in [3.05, 3.63) is 58.7 Å². The molecule has 12 heteroatoms. The molecule has 1 aromatic heterocycles. The fraction of sp³-hybridized carbons (Fsp3) is 0.400. The minimum atomic E-state index is -4.51. The van der Waals surface area contributed by atoms with E-state index < -0.39 is 17.6 Å². The first-order chi connectivity index (χ1) is 17.8. The van der Waals surface area contributed by atoms with E-state index in [1.807, 2.05) is 4.90 Å². The summed E-state index contributed by atoms with van der Waals surface area (Å²) in [5, 5.41) is -0.0447. The summed E-state index contributed by atoms with van der Waals surface area (Å²) in [5.41, 5.74) is 0.296. The highest BCUT2D eigenvalue weighted by Crippen LogP contribution is 2.33. The van der Waals surface area contributed by atoms with E-state index in [4.69, 9.17) is 21.1 Å². The van der Waals surface area contributed by atoms with Crippen LogP contribution in [0.3, 0.4) is 0 Å². The molecule has 1 saturated heterocycles. The summed E-state index contributed by atoms with van der Waals surface area (Å²) in [4.78, 5) is 16.7. The van der Waals surface area contributed by atoms with Crippen molar-refractivity contribution in [3.63, 3.8) is 0 Å². The second-order valence-electron chi connectivity index (χ2n) is 8.38. The van der Waals surface area contributed by atoms with Gasteiger partial charge in [0.05, 0.1) is 22.9 Å². The number of rotatable bonds is 7. The molecular formula is C25H26ClF4N5O2. The van der Waals surface area contributed by atoms with Gasteiger partial charge in [-0.05, 0) is 30.7 Å². The van der Waals surface area contributed by atoms with Gasteiger partial charge in [0.25, 0.3) is 0 Å². The number of methoxy groups -OCH3 is 1. The number of hydrogen-bond acceptors (Lipinski definition) is 7. The molecule has 2 aliphatic rings. The first-order valence-corrected chi connectivity index (χ1v) is 12.1. The van der Waals surface area contributed by atoms with Crippen molar-refractivity contribution >= 4 is 23.6 Å². The van der Waals surface area contributed by atoms with Crippen LogP contribution in [0.5, 0.6) is 6.01 Å². The zero-order chi connectivity index (χ0) is 26.4. The molecule has 0 radical (unpaired) electrons. The van der Waals surface area contributed by atoms with Gasteiger partial charge in [0, 0.05) is 57.6 Å². The number of allylic oxidation sites excluding steroid dienone is 3. The van der Waals surface area contributed by atoms with Gasteiger partial charge in [0.2, 0.25) is 0 Å². The summed E-state index contributed by atoms with van der Waals surface area (Å²) in [6, 6.07) is 6.11. The van der Waals surface area contributed by atoms with Gasteiger partial charge >= 0.3 is 12.2 Å². The highest BCUT2D eigenvalue weighted by Gasteiger charge is 2.37. The zero-order valence-electron chi connectivity index (χ0n) is 20.1. The molecule has 198 valence electrons. The zero-order valence-corrected chi connectivity index (χ0v) is 20.9. The molecule has 0 saturated carbocycles. The van der Waals surface area contributed by atoms with Crippen LogP contribution in [0.2, 0.25) is 5.02 Å². The number of ether oxygens (including phenoxy) is 2. The van der Waals surface area contributed by atoms with Gasteiger partial charge in [-0.15, -0.1) is 0 Å². The van der Waals surface area contributed by atoms with Crippen LogP contribution in [0, 0.1) is 5.82 Å². The number of aromatic nitrogens is 2. The molecule has 1 aromatic carbocycles. The smallest absolute Gasteiger partial charge is 0.419 e. The number of nitrogens with zero attached hydrogens (tertiary/aromatic N) is 5. The van der Waals surface area contributed by atoms with E-state index in [0.29, 0.717) is 62.7 Å². The van der Waals surface area contributed by atoms with Gasteiger partial charge in [0.15, 0.2) is 0 Å². The standard InChI is InChI=1S/C25H26ClF4N5O2/c1-36-13-14-37-24-32-21(17-6-7-20(27)19(26)15-17)16-22(33-24)34-9-4-10-35(12-11-34)23-18(25(28,29)30)5-2-3-8-31-23/h2,5-8,15-16H,3-4,9-14H2,1H3. The Labute approximate surface area is 217 Å². The van der Waals surface area contributed by atoms with Crippen molar-refractivity contribution in [2.24, 2.45) is 4.99 Å². The normalized spacial score (nSPS) is 16.7. The largest absolute Gasteiger partial charge is 0.461 e. The van der Waals surface area contributed by atoms with Gasteiger partial charge in [-0.3, -0.25) is 0 Å². The molecule has 0 amide bonds. The summed E-state index contributed by atoms with van der Waals surface area (Å²) in [7, 11) is 1.54. The van der Waals surface area contributed by atoms with Gasteiger partial charge < -0.3 is 19.3 Å². The summed E-state index contributed by atoms with van der Waals surface area (Å²) in [6.45, 7) is 2.20. The first kappa shape index (κ1) is 26.9. The Bertz CT molecular complexity index is 1200. The summed E-state index contributed by atoms with van der Waals surface area (Å²) < 4.78 is 65.5. The molecule has 7 nitrogen and oxygen atoms in total. The summed E-state index contributed by atoms with van der Waals surface area (Å²) >= 11 is 5.98. The fourth-order valence-corrected chi connectivity index (χ4v) is 4.20. The monoisotopic (exact) mass is 539 g/mol. The number of anilines is 1. The molecular weight excluding hydrogens is 514 g/mol. The lowest BCUT2D eigenvalue weighted by Crippen LogP contribution is -2.32. The van der Waals surface area contributed by atoms with Crippen LogP contribution in [0.15, 0.2) is 52.8 Å². The van der Waals surface area contributed by atoms with E-state index in [1.54, 1.807) is 24.1 Å². The molecule has 2 aliphatic heterocycles. The molecule has 0 bridgehead atoms. The average molecular weight is 540 g/mol. The van der Waals surface area contributed by atoms with Gasteiger partial charge in [0.1, 0.15) is 24.1 Å². The van der Waals surface area contributed by atoms with Crippen molar-refractivity contribution in [3.8, 4) is 17.3 Å². The van der Waals surface area contributed by atoms with Crippen molar-refractivity contribution < 1.29 is 27.0 Å². The van der Waals surface area contributed by atoms with E-state index in [0.717, 1.165) is 6.08 Å². The Morgan fingerprint density at radius 3 is 2.57 bits per heavy atom. The van der Waals surface area contributed by atoms with Gasteiger partial charge in [-0.1, -0.05) is 17.7 Å². The van der Waals surface area contributed by atoms with Crippen LogP contribution in [0.1, 0.15) is 12.8 Å². The second-order valence-corrected chi connectivity index (χ2v) is 8.78. The van der Waals surface area contributed by atoms with Crippen LogP contribution in [-0.4, -0.2) is 73.8 Å². The van der Waals surface area contributed by atoms with Crippen LogP contribution in [0.4, 0.5) is 23.4 Å². The molecule has 37 heavy (non-hydrogen) atoms. The Morgan fingerprint density at radius 2 is 1.81 bits per heavy atom. The maximum absolute atomic E-state index is 13.7. The molecule has 0 unspecified atom stereocenters. The minimum Gasteiger partial charge on any atom is -0.461 e. The Balaban J connectivity index is 1.62. The second kappa shape index (κ2) is 11.9. The van der Waals surface area contributed by atoms with Crippen LogP contribution in [0.25, 0.3) is 11.3 Å². The highest BCUT2D eigenvalue weighted by molar-refractivity contribution is 6.31. The summed E-state index contributed by atoms with van der Waals surface area (Å²) in [6.07, 6.45) is 0.451. The lowest BCUT2D eigenvalue weighted by atomic mass is 10.1. The third kappa shape index (κ3) is 6.78. The van der Waals surface area contributed by atoms with Crippen molar-refractivity contribution in [1.29, 1.82) is 0 Å². The third-order valence-corrected chi connectivity index (χ3v) is 6.12.